The van der Waals surface area contributed by atoms with E-state index in [1.807, 2.05) is 36.4 Å². The van der Waals surface area contributed by atoms with Gasteiger partial charge in [0.25, 0.3) is 0 Å². The Morgan fingerprint density at radius 1 is 0.889 bits per heavy atom. The molecule has 1 aromatic heterocycles. The number of halogens is 1. The molecule has 0 unspecified atom stereocenters. The topological polar surface area (TPSA) is 27.1 Å². The van der Waals surface area contributed by atoms with Crippen LogP contribution in [-0.2, 0) is 19.6 Å². The van der Waals surface area contributed by atoms with E-state index < -0.39 is 0 Å². The molecule has 0 aliphatic rings. The summed E-state index contributed by atoms with van der Waals surface area (Å²) in [6.45, 7) is 3.13. The summed E-state index contributed by atoms with van der Waals surface area (Å²) in [5.41, 5.74) is 4.28. The number of aryl methyl sites for hydroxylation is 1. The summed E-state index contributed by atoms with van der Waals surface area (Å²) in [6, 6.07) is 22.7. The lowest BCUT2D eigenvalue weighted by Gasteiger charge is -2.11. The third-order valence-electron chi connectivity index (χ3n) is 4.69. The monoisotopic (exact) mass is 360 g/mol. The van der Waals surface area contributed by atoms with Crippen molar-refractivity contribution in [2.24, 2.45) is 0 Å². The minimum atomic E-state index is -0.228. The number of aromatic nitrogens is 2. The number of imidazole rings is 1. The van der Waals surface area contributed by atoms with Crippen molar-refractivity contribution in [2.75, 3.05) is 0 Å². The van der Waals surface area contributed by atoms with Crippen molar-refractivity contribution in [3.05, 3.63) is 95.6 Å². The van der Waals surface area contributed by atoms with E-state index in [9.17, 15) is 4.39 Å². The van der Waals surface area contributed by atoms with Gasteiger partial charge in [0.1, 0.15) is 24.0 Å². The van der Waals surface area contributed by atoms with E-state index in [1.54, 1.807) is 12.1 Å². The molecule has 0 saturated heterocycles. The van der Waals surface area contributed by atoms with E-state index in [1.165, 1.54) is 17.7 Å². The predicted molar refractivity (Wildman–Crippen MR) is 105 cm³/mol. The molecule has 0 aliphatic carbocycles. The molecule has 0 saturated carbocycles. The second-order valence-electron chi connectivity index (χ2n) is 6.52. The van der Waals surface area contributed by atoms with Crippen molar-refractivity contribution in [2.45, 2.75) is 26.5 Å². The lowest BCUT2D eigenvalue weighted by molar-refractivity contribution is 0.291. The molecule has 4 aromatic rings. The van der Waals surface area contributed by atoms with Gasteiger partial charge in [-0.05, 0) is 53.9 Å². The van der Waals surface area contributed by atoms with Gasteiger partial charge >= 0.3 is 0 Å². The summed E-state index contributed by atoms with van der Waals surface area (Å²) >= 11 is 0. The highest BCUT2D eigenvalue weighted by atomic mass is 19.1. The average molecular weight is 360 g/mol. The van der Waals surface area contributed by atoms with Gasteiger partial charge in [-0.3, -0.25) is 0 Å². The Bertz CT molecular complexity index is 1040. The maximum Gasteiger partial charge on any atom is 0.148 e. The fourth-order valence-corrected chi connectivity index (χ4v) is 3.15. The van der Waals surface area contributed by atoms with Crippen LogP contribution in [0.3, 0.4) is 0 Å². The van der Waals surface area contributed by atoms with Crippen LogP contribution in [0.25, 0.3) is 11.0 Å². The number of rotatable bonds is 6. The zero-order chi connectivity index (χ0) is 18.6. The number of ether oxygens (including phenoxy) is 1. The number of hydrogen-bond donors (Lipinski definition) is 0. The molecule has 0 fully saturated rings. The van der Waals surface area contributed by atoms with Gasteiger partial charge in [-0.25, -0.2) is 9.37 Å². The van der Waals surface area contributed by atoms with Gasteiger partial charge in [-0.1, -0.05) is 43.3 Å². The molecule has 3 nitrogen and oxygen atoms in total. The van der Waals surface area contributed by atoms with Crippen LogP contribution >= 0.6 is 0 Å². The highest BCUT2D eigenvalue weighted by Crippen LogP contribution is 2.20. The van der Waals surface area contributed by atoms with E-state index in [2.05, 4.69) is 23.6 Å². The standard InChI is InChI=1S/C23H21FN2O/c1-2-17-9-13-20(14-10-17)27-16-23-25-21-5-3-4-6-22(21)26(23)15-18-7-11-19(24)12-8-18/h3-14H,2,15-16H2,1H3. The first-order valence-corrected chi connectivity index (χ1v) is 9.13. The Morgan fingerprint density at radius 3 is 2.33 bits per heavy atom. The predicted octanol–water partition coefficient (Wildman–Crippen LogP) is 5.37. The molecule has 0 spiro atoms. The maximum absolute atomic E-state index is 13.2. The van der Waals surface area contributed by atoms with E-state index in [0.29, 0.717) is 13.2 Å². The van der Waals surface area contributed by atoms with Crippen molar-refractivity contribution in [3.8, 4) is 5.75 Å². The van der Waals surface area contributed by atoms with Crippen molar-refractivity contribution in [1.82, 2.24) is 9.55 Å². The van der Waals surface area contributed by atoms with Crippen LogP contribution in [0, 0.1) is 5.82 Å². The molecule has 4 rings (SSSR count). The van der Waals surface area contributed by atoms with Crippen molar-refractivity contribution in [3.63, 3.8) is 0 Å². The third kappa shape index (κ3) is 3.85. The molecule has 27 heavy (non-hydrogen) atoms. The normalized spacial score (nSPS) is 11.0. The van der Waals surface area contributed by atoms with Gasteiger partial charge in [0.2, 0.25) is 0 Å². The number of benzene rings is 3. The molecule has 3 aromatic carbocycles. The Morgan fingerprint density at radius 2 is 1.59 bits per heavy atom. The van der Waals surface area contributed by atoms with E-state index in [4.69, 9.17) is 9.72 Å². The summed E-state index contributed by atoms with van der Waals surface area (Å²) in [5, 5.41) is 0. The maximum atomic E-state index is 13.2. The number of nitrogens with zero attached hydrogens (tertiary/aromatic N) is 2. The average Bonchev–Trinajstić information content (AvgIpc) is 3.06. The van der Waals surface area contributed by atoms with Crippen LogP contribution in [0.4, 0.5) is 4.39 Å². The van der Waals surface area contributed by atoms with Crippen LogP contribution in [0.2, 0.25) is 0 Å². The molecule has 0 aliphatic heterocycles. The number of para-hydroxylation sites is 2. The molecule has 4 heteroatoms. The molecule has 0 bridgehead atoms. The quantitative estimate of drug-likeness (QED) is 0.462. The molecule has 0 N–H and O–H groups in total. The summed E-state index contributed by atoms with van der Waals surface area (Å²) < 4.78 is 21.3. The van der Waals surface area contributed by atoms with Gasteiger partial charge in [0.15, 0.2) is 0 Å². The van der Waals surface area contributed by atoms with Gasteiger partial charge < -0.3 is 9.30 Å². The zero-order valence-corrected chi connectivity index (χ0v) is 15.2. The Hall–Kier alpha value is -3.14. The van der Waals surface area contributed by atoms with Crippen molar-refractivity contribution < 1.29 is 9.13 Å². The van der Waals surface area contributed by atoms with Crippen LogP contribution in [0.15, 0.2) is 72.8 Å². The summed E-state index contributed by atoms with van der Waals surface area (Å²) in [5.74, 6) is 1.45. The molecule has 1 heterocycles. The number of hydrogen-bond acceptors (Lipinski definition) is 2. The van der Waals surface area contributed by atoms with E-state index in [0.717, 1.165) is 34.6 Å². The van der Waals surface area contributed by atoms with Crippen molar-refractivity contribution >= 4 is 11.0 Å². The third-order valence-corrected chi connectivity index (χ3v) is 4.69. The van der Waals surface area contributed by atoms with Crippen LogP contribution in [-0.4, -0.2) is 9.55 Å². The molecular weight excluding hydrogens is 339 g/mol. The fourth-order valence-electron chi connectivity index (χ4n) is 3.15. The second-order valence-corrected chi connectivity index (χ2v) is 6.52. The molecule has 136 valence electrons. The Labute approximate surface area is 158 Å². The largest absolute Gasteiger partial charge is 0.486 e. The SMILES string of the molecule is CCc1ccc(OCc2nc3ccccc3n2Cc2ccc(F)cc2)cc1. The fraction of sp³-hybridized carbons (Fsp3) is 0.174. The first-order valence-electron chi connectivity index (χ1n) is 9.13. The highest BCUT2D eigenvalue weighted by molar-refractivity contribution is 5.76. The lowest BCUT2D eigenvalue weighted by Crippen LogP contribution is -2.08. The minimum absolute atomic E-state index is 0.228. The molecular formula is C23H21FN2O. The molecule has 0 amide bonds. The van der Waals surface area contributed by atoms with Gasteiger partial charge in [-0.2, -0.15) is 0 Å². The van der Waals surface area contributed by atoms with Crippen LogP contribution < -0.4 is 4.74 Å². The first kappa shape index (κ1) is 17.3. The Balaban J connectivity index is 1.61. The summed E-state index contributed by atoms with van der Waals surface area (Å²) in [6.07, 6.45) is 1.01. The van der Waals surface area contributed by atoms with Gasteiger partial charge in [0, 0.05) is 6.54 Å². The lowest BCUT2D eigenvalue weighted by atomic mass is 10.2. The van der Waals surface area contributed by atoms with Crippen LogP contribution in [0.5, 0.6) is 5.75 Å². The first-order chi connectivity index (χ1) is 13.2. The molecule has 0 radical (unpaired) electrons. The van der Waals surface area contributed by atoms with E-state index >= 15 is 0 Å². The number of fused-ring (bicyclic) bond motifs is 1. The zero-order valence-electron chi connectivity index (χ0n) is 15.2. The van der Waals surface area contributed by atoms with Gasteiger partial charge in [0.05, 0.1) is 11.0 Å². The second kappa shape index (κ2) is 7.62. The molecule has 0 atom stereocenters. The van der Waals surface area contributed by atoms with E-state index in [-0.39, 0.29) is 5.82 Å². The minimum Gasteiger partial charge on any atom is -0.486 e. The Kier molecular flexibility index (Phi) is 4.88. The smallest absolute Gasteiger partial charge is 0.148 e. The van der Waals surface area contributed by atoms with Crippen LogP contribution in [0.1, 0.15) is 23.9 Å². The van der Waals surface area contributed by atoms with Gasteiger partial charge in [-0.15, -0.1) is 0 Å². The summed E-state index contributed by atoms with van der Waals surface area (Å²) in [7, 11) is 0. The summed E-state index contributed by atoms with van der Waals surface area (Å²) in [4.78, 5) is 4.74. The van der Waals surface area contributed by atoms with Crippen molar-refractivity contribution in [1.29, 1.82) is 0 Å². The highest BCUT2D eigenvalue weighted by Gasteiger charge is 2.12.